The van der Waals surface area contributed by atoms with Gasteiger partial charge < -0.3 is 10.1 Å². The van der Waals surface area contributed by atoms with Gasteiger partial charge in [-0.05, 0) is 25.7 Å². The highest BCUT2D eigenvalue weighted by Gasteiger charge is 2.30. The Labute approximate surface area is 87.2 Å². The molecule has 0 spiro atoms. The molecule has 1 aromatic heterocycles. The first kappa shape index (κ1) is 8.76. The first-order valence-electron chi connectivity index (χ1n) is 5.35. The molecule has 1 amide bonds. The van der Waals surface area contributed by atoms with Crippen molar-refractivity contribution in [1.29, 1.82) is 0 Å². The Morgan fingerprint density at radius 1 is 1.33 bits per heavy atom. The van der Waals surface area contributed by atoms with Crippen molar-refractivity contribution in [3.63, 3.8) is 0 Å². The predicted molar refractivity (Wildman–Crippen MR) is 52.5 cm³/mol. The van der Waals surface area contributed by atoms with Gasteiger partial charge in [0.1, 0.15) is 5.69 Å². The summed E-state index contributed by atoms with van der Waals surface area (Å²) in [5.74, 6) is 0. The summed E-state index contributed by atoms with van der Waals surface area (Å²) < 4.78 is 5.14. The highest BCUT2D eigenvalue weighted by molar-refractivity contribution is 5.69. The normalized spacial score (nSPS) is 24.5. The topological polar surface area (TPSA) is 67.0 Å². The second-order valence-electron chi connectivity index (χ2n) is 4.05. The van der Waals surface area contributed by atoms with Crippen molar-refractivity contribution in [2.24, 2.45) is 0 Å². The van der Waals surface area contributed by atoms with Crippen LogP contribution < -0.4 is 5.32 Å². The summed E-state index contributed by atoms with van der Waals surface area (Å²) in [5, 5.41) is 9.97. The molecule has 2 aliphatic rings. The van der Waals surface area contributed by atoms with Crippen molar-refractivity contribution < 1.29 is 9.53 Å². The van der Waals surface area contributed by atoms with Gasteiger partial charge in [0.2, 0.25) is 0 Å². The van der Waals surface area contributed by atoms with Crippen molar-refractivity contribution in [2.75, 3.05) is 6.54 Å². The van der Waals surface area contributed by atoms with Crippen molar-refractivity contribution in [2.45, 2.75) is 31.8 Å². The van der Waals surface area contributed by atoms with Gasteiger partial charge in [0.15, 0.2) is 6.10 Å². The van der Waals surface area contributed by atoms with E-state index in [1.807, 2.05) is 0 Å². The van der Waals surface area contributed by atoms with Crippen LogP contribution in [0.1, 0.15) is 35.9 Å². The number of fused-ring (bicyclic) bond motifs is 1. The van der Waals surface area contributed by atoms with Gasteiger partial charge in [-0.25, -0.2) is 4.79 Å². The fraction of sp³-hybridized carbons (Fsp3) is 0.600. The van der Waals surface area contributed by atoms with Crippen molar-refractivity contribution in [3.8, 4) is 0 Å². The number of aromatic amines is 1. The number of carbonyl (C=O) groups excluding carboxylic acids is 1. The van der Waals surface area contributed by atoms with Gasteiger partial charge >= 0.3 is 6.09 Å². The van der Waals surface area contributed by atoms with E-state index in [9.17, 15) is 4.79 Å². The average Bonchev–Trinajstić information content (AvgIpc) is 2.83. The number of ether oxygens (including phenoxy) is 1. The number of carbonyl (C=O) groups is 1. The monoisotopic (exact) mass is 207 g/mol. The SMILES string of the molecule is O=C1NCC(c2n[nH]c3c2CCCC3)O1. The van der Waals surface area contributed by atoms with Crippen LogP contribution in [0.4, 0.5) is 4.79 Å². The van der Waals surface area contributed by atoms with Crippen LogP contribution in [0.5, 0.6) is 0 Å². The van der Waals surface area contributed by atoms with Crippen molar-refractivity contribution in [1.82, 2.24) is 15.5 Å². The number of hydrogen-bond acceptors (Lipinski definition) is 3. The summed E-state index contributed by atoms with van der Waals surface area (Å²) in [6.45, 7) is 0.538. The minimum absolute atomic E-state index is 0.199. The number of cyclic esters (lactones) is 1. The summed E-state index contributed by atoms with van der Waals surface area (Å²) in [7, 11) is 0. The molecule has 0 aromatic carbocycles. The number of aromatic nitrogens is 2. The van der Waals surface area contributed by atoms with Gasteiger partial charge in [-0.2, -0.15) is 5.10 Å². The summed E-state index contributed by atoms with van der Waals surface area (Å²) in [4.78, 5) is 10.9. The Balaban J connectivity index is 1.91. The highest BCUT2D eigenvalue weighted by Crippen LogP contribution is 2.29. The fourth-order valence-electron chi connectivity index (χ4n) is 2.31. The molecule has 1 aliphatic carbocycles. The number of rotatable bonds is 1. The van der Waals surface area contributed by atoms with E-state index in [1.165, 1.54) is 24.1 Å². The van der Waals surface area contributed by atoms with Crippen molar-refractivity contribution in [3.05, 3.63) is 17.0 Å². The Bertz CT molecular complexity index is 399. The molecule has 0 saturated carbocycles. The molecule has 0 bridgehead atoms. The van der Waals surface area contributed by atoms with E-state index in [1.54, 1.807) is 0 Å². The van der Waals surface area contributed by atoms with Gasteiger partial charge in [-0.15, -0.1) is 0 Å². The molecular weight excluding hydrogens is 194 g/mol. The van der Waals surface area contributed by atoms with Gasteiger partial charge in [0.05, 0.1) is 6.54 Å². The molecule has 1 aliphatic heterocycles. The number of hydrogen-bond donors (Lipinski definition) is 2. The van der Waals surface area contributed by atoms with Crippen LogP contribution in [-0.4, -0.2) is 22.8 Å². The zero-order valence-corrected chi connectivity index (χ0v) is 8.38. The van der Waals surface area contributed by atoms with E-state index in [0.717, 1.165) is 18.5 Å². The number of amides is 1. The lowest BCUT2D eigenvalue weighted by molar-refractivity contribution is 0.138. The lowest BCUT2D eigenvalue weighted by Gasteiger charge is -2.12. The molecule has 5 heteroatoms. The minimum atomic E-state index is -0.340. The second-order valence-corrected chi connectivity index (χ2v) is 4.05. The zero-order chi connectivity index (χ0) is 10.3. The summed E-state index contributed by atoms with van der Waals surface area (Å²) in [6, 6.07) is 0. The van der Waals surface area contributed by atoms with Crippen LogP contribution in [0, 0.1) is 0 Å². The first-order chi connectivity index (χ1) is 7.34. The van der Waals surface area contributed by atoms with Crippen LogP contribution in [0.3, 0.4) is 0 Å². The third-order valence-electron chi connectivity index (χ3n) is 3.07. The Morgan fingerprint density at radius 2 is 2.20 bits per heavy atom. The largest absolute Gasteiger partial charge is 0.438 e. The Hall–Kier alpha value is -1.52. The third-order valence-corrected chi connectivity index (χ3v) is 3.07. The second kappa shape index (κ2) is 3.25. The number of nitrogens with zero attached hydrogens (tertiary/aromatic N) is 1. The Morgan fingerprint density at radius 3 is 3.00 bits per heavy atom. The van der Waals surface area contributed by atoms with E-state index >= 15 is 0 Å². The molecule has 5 nitrogen and oxygen atoms in total. The maximum atomic E-state index is 10.9. The van der Waals surface area contributed by atoms with E-state index in [-0.39, 0.29) is 12.2 Å². The number of aryl methyl sites for hydroxylation is 1. The van der Waals surface area contributed by atoms with E-state index in [4.69, 9.17) is 4.74 Å². The van der Waals surface area contributed by atoms with Gasteiger partial charge in [-0.3, -0.25) is 5.10 Å². The average molecular weight is 207 g/mol. The lowest BCUT2D eigenvalue weighted by Crippen LogP contribution is -2.13. The molecule has 0 radical (unpaired) electrons. The minimum Gasteiger partial charge on any atom is -0.438 e. The lowest BCUT2D eigenvalue weighted by atomic mass is 9.94. The predicted octanol–water partition coefficient (Wildman–Crippen LogP) is 1.07. The quantitative estimate of drug-likeness (QED) is 0.723. The Kier molecular flexibility index (Phi) is 1.90. The van der Waals surface area contributed by atoms with Crippen LogP contribution in [0.25, 0.3) is 0 Å². The molecule has 1 unspecified atom stereocenters. The molecule has 1 saturated heterocycles. The molecule has 3 rings (SSSR count). The van der Waals surface area contributed by atoms with Gasteiger partial charge in [0.25, 0.3) is 0 Å². The van der Waals surface area contributed by atoms with E-state index < -0.39 is 0 Å². The first-order valence-corrected chi connectivity index (χ1v) is 5.35. The summed E-state index contributed by atoms with van der Waals surface area (Å²) in [5.41, 5.74) is 3.41. The number of H-pyrrole nitrogens is 1. The van der Waals surface area contributed by atoms with Crippen LogP contribution in [0.15, 0.2) is 0 Å². The van der Waals surface area contributed by atoms with Crippen LogP contribution in [-0.2, 0) is 17.6 Å². The molecule has 2 heterocycles. The molecule has 2 N–H and O–H groups in total. The molecule has 15 heavy (non-hydrogen) atoms. The van der Waals surface area contributed by atoms with Crippen LogP contribution >= 0.6 is 0 Å². The molecule has 1 fully saturated rings. The number of alkyl carbamates (subject to hydrolysis) is 1. The maximum Gasteiger partial charge on any atom is 0.408 e. The van der Waals surface area contributed by atoms with E-state index in [0.29, 0.717) is 6.54 Å². The van der Waals surface area contributed by atoms with E-state index in [2.05, 4.69) is 15.5 Å². The smallest absolute Gasteiger partial charge is 0.408 e. The highest BCUT2D eigenvalue weighted by atomic mass is 16.6. The molecule has 1 aromatic rings. The summed E-state index contributed by atoms with van der Waals surface area (Å²) >= 11 is 0. The fourth-order valence-corrected chi connectivity index (χ4v) is 2.31. The van der Waals surface area contributed by atoms with Crippen LogP contribution in [0.2, 0.25) is 0 Å². The number of nitrogens with one attached hydrogen (secondary N) is 2. The van der Waals surface area contributed by atoms with Crippen molar-refractivity contribution >= 4 is 6.09 Å². The maximum absolute atomic E-state index is 10.9. The third kappa shape index (κ3) is 1.38. The zero-order valence-electron chi connectivity index (χ0n) is 8.38. The van der Waals surface area contributed by atoms with Gasteiger partial charge in [-0.1, -0.05) is 0 Å². The molecular formula is C10H13N3O2. The standard InChI is InChI=1S/C10H13N3O2/c14-10-11-5-8(15-10)9-6-3-1-2-4-7(6)12-13-9/h8H,1-5H2,(H,11,14)(H,12,13). The molecule has 1 atom stereocenters. The van der Waals surface area contributed by atoms with Gasteiger partial charge in [0, 0.05) is 11.3 Å². The summed E-state index contributed by atoms with van der Waals surface area (Å²) in [6.07, 6.45) is 4.00. The molecule has 80 valence electrons.